The van der Waals surface area contributed by atoms with Crippen LogP contribution >= 0.6 is 11.6 Å². The number of rotatable bonds is 5. The maximum absolute atomic E-state index is 13.4. The van der Waals surface area contributed by atoms with Crippen LogP contribution in [-0.2, 0) is 15.2 Å². The number of aryl methyl sites for hydroxylation is 1. The van der Waals surface area contributed by atoms with E-state index >= 15 is 0 Å². The van der Waals surface area contributed by atoms with E-state index in [-0.39, 0.29) is 22.7 Å². The molecule has 0 aliphatic carbocycles. The summed E-state index contributed by atoms with van der Waals surface area (Å²) in [4.78, 5) is 27.5. The van der Waals surface area contributed by atoms with Crippen LogP contribution < -0.4 is 0 Å². The molecule has 31 heavy (non-hydrogen) atoms. The van der Waals surface area contributed by atoms with Crippen molar-refractivity contribution in [3.8, 4) is 0 Å². The summed E-state index contributed by atoms with van der Waals surface area (Å²) < 4.78 is 45.0. The Morgan fingerprint density at radius 2 is 2.03 bits per heavy atom. The minimum absolute atomic E-state index is 0.0962. The average Bonchev–Trinajstić information content (AvgIpc) is 3.10. The minimum Gasteiger partial charge on any atom is -0.465 e. The lowest BCUT2D eigenvalue weighted by atomic mass is 9.84. The number of esters is 1. The molecule has 0 radical (unpaired) electrons. The van der Waals surface area contributed by atoms with Gasteiger partial charge < -0.3 is 9.57 Å². The number of nitrogens with zero attached hydrogens (tertiary/aromatic N) is 2. The van der Waals surface area contributed by atoms with Crippen molar-refractivity contribution in [3.63, 3.8) is 0 Å². The van der Waals surface area contributed by atoms with E-state index in [0.29, 0.717) is 16.7 Å². The first-order chi connectivity index (χ1) is 14.4. The third-order valence-electron chi connectivity index (χ3n) is 4.85. The molecular formula is C20H16ClF3N2O5. The van der Waals surface area contributed by atoms with E-state index in [4.69, 9.17) is 16.4 Å². The molecule has 1 aliphatic heterocycles. The molecule has 1 unspecified atom stereocenters. The van der Waals surface area contributed by atoms with E-state index < -0.39 is 34.8 Å². The lowest BCUT2D eigenvalue weighted by molar-refractivity contribution is -0.385. The molecule has 164 valence electrons. The molecule has 2 aromatic carbocycles. The summed E-state index contributed by atoms with van der Waals surface area (Å²) in [6.45, 7) is 1.65. The molecule has 7 nitrogen and oxygen atoms in total. The molecule has 2 aromatic rings. The third-order valence-corrected chi connectivity index (χ3v) is 5.07. The van der Waals surface area contributed by atoms with Crippen LogP contribution in [-0.4, -0.2) is 29.9 Å². The zero-order valence-corrected chi connectivity index (χ0v) is 17.1. The highest BCUT2D eigenvalue weighted by atomic mass is 35.5. The van der Waals surface area contributed by atoms with E-state index in [2.05, 4.69) is 9.89 Å². The maximum atomic E-state index is 13.4. The minimum atomic E-state index is -4.65. The number of carbonyl (C=O) groups is 1. The van der Waals surface area contributed by atoms with Gasteiger partial charge in [-0.05, 0) is 36.2 Å². The Hall–Kier alpha value is -3.14. The standard InChI is InChI=1S/C20H16ClF3N2O5/c1-11-5-12(3-4-16(11)18(27)30-2)17-9-19(31-25-17,10-20(22,23)24)13-6-14(21)8-15(7-13)26(28)29/h3-8H,9-10H2,1-2H3. The number of hydrogen-bond acceptors (Lipinski definition) is 6. The molecule has 0 aromatic heterocycles. The summed E-state index contributed by atoms with van der Waals surface area (Å²) in [5, 5.41) is 14.9. The second-order valence-corrected chi connectivity index (χ2v) is 7.51. The van der Waals surface area contributed by atoms with Crippen molar-refractivity contribution in [1.82, 2.24) is 0 Å². The number of methoxy groups -OCH3 is 1. The largest absolute Gasteiger partial charge is 0.465 e. The third kappa shape index (κ3) is 4.79. The number of nitro groups is 1. The zero-order chi connectivity index (χ0) is 23.0. The van der Waals surface area contributed by atoms with Crippen LogP contribution in [0.15, 0.2) is 41.6 Å². The molecule has 0 N–H and O–H groups in total. The summed E-state index contributed by atoms with van der Waals surface area (Å²) in [6, 6.07) is 7.82. The fourth-order valence-corrected chi connectivity index (χ4v) is 3.66. The molecule has 1 heterocycles. The molecule has 3 rings (SSSR count). The Morgan fingerprint density at radius 1 is 1.32 bits per heavy atom. The Kier molecular flexibility index (Phi) is 5.95. The summed E-state index contributed by atoms with van der Waals surface area (Å²) in [7, 11) is 1.24. The summed E-state index contributed by atoms with van der Waals surface area (Å²) in [5.74, 6) is -0.550. The molecule has 0 amide bonds. The van der Waals surface area contributed by atoms with Crippen molar-refractivity contribution < 1.29 is 32.5 Å². The molecule has 0 saturated heterocycles. The van der Waals surface area contributed by atoms with Crippen molar-refractivity contribution >= 4 is 29.0 Å². The van der Waals surface area contributed by atoms with Gasteiger partial charge in [-0.3, -0.25) is 10.1 Å². The molecule has 0 spiro atoms. The van der Waals surface area contributed by atoms with E-state index in [1.165, 1.54) is 25.3 Å². The van der Waals surface area contributed by atoms with Gasteiger partial charge in [0.05, 0.1) is 29.7 Å². The normalized spacial score (nSPS) is 18.3. The van der Waals surface area contributed by atoms with Crippen LogP contribution in [0.25, 0.3) is 0 Å². The van der Waals surface area contributed by atoms with Crippen molar-refractivity contribution in [1.29, 1.82) is 0 Å². The van der Waals surface area contributed by atoms with E-state index in [1.54, 1.807) is 13.0 Å². The van der Waals surface area contributed by atoms with Crippen LogP contribution in [0, 0.1) is 17.0 Å². The number of hydrogen-bond donors (Lipinski definition) is 0. The molecule has 1 atom stereocenters. The van der Waals surface area contributed by atoms with Crippen LogP contribution in [0.4, 0.5) is 18.9 Å². The van der Waals surface area contributed by atoms with Gasteiger partial charge in [-0.15, -0.1) is 0 Å². The van der Waals surface area contributed by atoms with Gasteiger partial charge >= 0.3 is 12.1 Å². The van der Waals surface area contributed by atoms with Gasteiger partial charge in [0.2, 0.25) is 0 Å². The topological polar surface area (TPSA) is 91.0 Å². The smallest absolute Gasteiger partial charge is 0.393 e. The van der Waals surface area contributed by atoms with Gasteiger partial charge in [-0.2, -0.15) is 13.2 Å². The van der Waals surface area contributed by atoms with Crippen molar-refractivity contribution in [2.75, 3.05) is 7.11 Å². The number of nitro benzene ring substituents is 1. The Balaban J connectivity index is 2.01. The molecular weight excluding hydrogens is 441 g/mol. The lowest BCUT2D eigenvalue weighted by Crippen LogP contribution is -2.33. The number of oxime groups is 1. The molecule has 0 bridgehead atoms. The molecule has 11 heteroatoms. The van der Waals surface area contributed by atoms with Crippen LogP contribution in [0.5, 0.6) is 0 Å². The van der Waals surface area contributed by atoms with Crippen molar-refractivity contribution in [2.24, 2.45) is 5.16 Å². The first-order valence-corrected chi connectivity index (χ1v) is 9.28. The molecule has 0 saturated carbocycles. The van der Waals surface area contributed by atoms with Crippen LogP contribution in [0.1, 0.15) is 39.9 Å². The van der Waals surface area contributed by atoms with Gasteiger partial charge in [0.15, 0.2) is 5.60 Å². The Labute approximate surface area is 179 Å². The fraction of sp³-hybridized carbons (Fsp3) is 0.300. The Bertz CT molecular complexity index is 1090. The Morgan fingerprint density at radius 3 is 2.61 bits per heavy atom. The molecule has 1 aliphatic rings. The second-order valence-electron chi connectivity index (χ2n) is 7.07. The van der Waals surface area contributed by atoms with Gasteiger partial charge in [-0.25, -0.2) is 4.79 Å². The fourth-order valence-electron chi connectivity index (χ4n) is 3.43. The number of ether oxygens (including phenoxy) is 1. The second kappa shape index (κ2) is 8.18. The summed E-state index contributed by atoms with van der Waals surface area (Å²) >= 11 is 5.92. The number of alkyl halides is 3. The quantitative estimate of drug-likeness (QED) is 0.345. The highest BCUT2D eigenvalue weighted by Gasteiger charge is 2.50. The summed E-state index contributed by atoms with van der Waals surface area (Å²) in [6.07, 6.45) is -6.38. The van der Waals surface area contributed by atoms with Gasteiger partial charge in [0.1, 0.15) is 0 Å². The SMILES string of the molecule is COC(=O)c1ccc(C2=NOC(CC(F)(F)F)(c3cc(Cl)cc([N+](=O)[O-])c3)C2)cc1C. The zero-order valence-electron chi connectivity index (χ0n) is 16.3. The lowest BCUT2D eigenvalue weighted by Gasteiger charge is -2.28. The number of non-ortho nitro benzene ring substituents is 1. The predicted octanol–water partition coefficient (Wildman–Crippen LogP) is 5.32. The van der Waals surface area contributed by atoms with Crippen molar-refractivity contribution in [2.45, 2.75) is 31.5 Å². The highest BCUT2D eigenvalue weighted by Crippen LogP contribution is 2.46. The number of carbonyl (C=O) groups excluding carboxylic acids is 1. The average molecular weight is 457 g/mol. The highest BCUT2D eigenvalue weighted by molar-refractivity contribution is 6.30. The maximum Gasteiger partial charge on any atom is 0.393 e. The number of benzene rings is 2. The van der Waals surface area contributed by atoms with E-state index in [0.717, 1.165) is 12.1 Å². The van der Waals surface area contributed by atoms with Crippen LogP contribution in [0.3, 0.4) is 0 Å². The van der Waals surface area contributed by atoms with Gasteiger partial charge in [-0.1, -0.05) is 22.8 Å². The van der Waals surface area contributed by atoms with Crippen LogP contribution in [0.2, 0.25) is 5.02 Å². The first-order valence-electron chi connectivity index (χ1n) is 8.91. The summed E-state index contributed by atoms with van der Waals surface area (Å²) in [5.41, 5.74) is -1.09. The van der Waals surface area contributed by atoms with E-state index in [1.807, 2.05) is 0 Å². The van der Waals surface area contributed by atoms with Gasteiger partial charge in [0.25, 0.3) is 5.69 Å². The van der Waals surface area contributed by atoms with Gasteiger partial charge in [0, 0.05) is 29.1 Å². The van der Waals surface area contributed by atoms with E-state index in [9.17, 15) is 28.1 Å². The first kappa shape index (κ1) is 22.5. The monoisotopic (exact) mass is 456 g/mol. The predicted molar refractivity (Wildman–Crippen MR) is 105 cm³/mol. The van der Waals surface area contributed by atoms with Crippen molar-refractivity contribution in [3.05, 3.63) is 73.8 Å². The number of halogens is 4. The molecule has 0 fully saturated rings.